The smallest absolute Gasteiger partial charge is 0.335 e. The number of nitrogens with zero attached hydrogens (tertiary/aromatic N) is 2. The first-order valence-corrected chi connectivity index (χ1v) is 8.55. The third-order valence-corrected chi connectivity index (χ3v) is 4.32. The van der Waals surface area contributed by atoms with E-state index in [2.05, 4.69) is 16.0 Å². The van der Waals surface area contributed by atoms with Gasteiger partial charge in [0.15, 0.2) is 0 Å². The molecule has 0 fully saturated rings. The number of aromatic carboxylic acids is 1. The van der Waals surface area contributed by atoms with E-state index in [-0.39, 0.29) is 5.56 Å². The number of rotatable bonds is 4. The van der Waals surface area contributed by atoms with Crippen LogP contribution in [0.1, 0.15) is 27.5 Å². The standard InChI is InChI=1S/C22H15N3O3/c1-13-5-7-18-19(9-13)25-21(24-18)16(12-23)11-17-6-8-20(28-17)14-3-2-4-15(10-14)22(26)27/h2-11H,1H3,(H,24,25)(H,26,27)/b16-11-. The Balaban J connectivity index is 1.68. The molecule has 0 saturated heterocycles. The quantitative estimate of drug-likeness (QED) is 0.498. The highest BCUT2D eigenvalue weighted by Gasteiger charge is 2.11. The number of aromatic amines is 1. The van der Waals surface area contributed by atoms with Crippen LogP contribution in [0.25, 0.3) is 34.0 Å². The van der Waals surface area contributed by atoms with Crippen molar-refractivity contribution in [3.05, 3.63) is 77.3 Å². The Morgan fingerprint density at radius 3 is 2.86 bits per heavy atom. The molecule has 0 unspecified atom stereocenters. The number of aryl methyl sites for hydroxylation is 1. The van der Waals surface area contributed by atoms with Crippen molar-refractivity contribution in [2.75, 3.05) is 0 Å². The molecule has 28 heavy (non-hydrogen) atoms. The maximum atomic E-state index is 11.1. The van der Waals surface area contributed by atoms with Crippen LogP contribution >= 0.6 is 0 Å². The molecule has 0 aliphatic heterocycles. The number of hydrogen-bond donors (Lipinski definition) is 2. The summed E-state index contributed by atoms with van der Waals surface area (Å²) in [5.41, 5.74) is 3.92. The average Bonchev–Trinajstić information content (AvgIpc) is 3.32. The van der Waals surface area contributed by atoms with Crippen molar-refractivity contribution >= 4 is 28.7 Å². The Hall–Kier alpha value is -4.11. The molecule has 0 atom stereocenters. The molecule has 4 rings (SSSR count). The first-order valence-electron chi connectivity index (χ1n) is 8.55. The summed E-state index contributed by atoms with van der Waals surface area (Å²) in [4.78, 5) is 18.8. The molecule has 4 aromatic rings. The topological polar surface area (TPSA) is 103 Å². The lowest BCUT2D eigenvalue weighted by atomic mass is 10.1. The van der Waals surface area contributed by atoms with Gasteiger partial charge in [0.1, 0.15) is 23.4 Å². The molecule has 2 heterocycles. The van der Waals surface area contributed by atoms with E-state index in [1.54, 1.807) is 36.4 Å². The fraction of sp³-hybridized carbons (Fsp3) is 0.0455. The minimum Gasteiger partial charge on any atom is -0.478 e. The highest BCUT2D eigenvalue weighted by Crippen LogP contribution is 2.26. The van der Waals surface area contributed by atoms with Crippen LogP contribution in [-0.4, -0.2) is 21.0 Å². The van der Waals surface area contributed by atoms with E-state index in [0.29, 0.717) is 28.5 Å². The number of carbonyl (C=O) groups is 1. The van der Waals surface area contributed by atoms with Crippen LogP contribution in [0.3, 0.4) is 0 Å². The molecule has 6 nitrogen and oxygen atoms in total. The Labute approximate surface area is 160 Å². The van der Waals surface area contributed by atoms with Crippen LogP contribution in [0, 0.1) is 18.3 Å². The number of carboxylic acids is 1. The zero-order valence-electron chi connectivity index (χ0n) is 14.9. The lowest BCUT2D eigenvalue weighted by Crippen LogP contribution is -1.95. The molecular weight excluding hydrogens is 354 g/mol. The summed E-state index contributed by atoms with van der Waals surface area (Å²) < 4.78 is 5.79. The summed E-state index contributed by atoms with van der Waals surface area (Å²) in [6, 6.07) is 17.9. The fourth-order valence-electron chi connectivity index (χ4n) is 2.94. The third kappa shape index (κ3) is 3.29. The Bertz CT molecular complexity index is 1270. The molecule has 0 aliphatic carbocycles. The fourth-order valence-corrected chi connectivity index (χ4v) is 2.94. The van der Waals surface area contributed by atoms with Crippen molar-refractivity contribution in [3.8, 4) is 17.4 Å². The first-order chi connectivity index (χ1) is 13.5. The minimum absolute atomic E-state index is 0.182. The maximum Gasteiger partial charge on any atom is 0.335 e. The summed E-state index contributed by atoms with van der Waals surface area (Å²) in [7, 11) is 0. The SMILES string of the molecule is Cc1ccc2nc(/C(C#N)=C\c3ccc(-c4cccc(C(=O)O)c4)o3)[nH]c2c1. The van der Waals surface area contributed by atoms with Gasteiger partial charge in [0.2, 0.25) is 0 Å². The van der Waals surface area contributed by atoms with Gasteiger partial charge in [-0.1, -0.05) is 18.2 Å². The van der Waals surface area contributed by atoms with E-state index in [1.165, 1.54) is 6.07 Å². The molecular formula is C22H15N3O3. The second-order valence-corrected chi connectivity index (χ2v) is 6.36. The number of H-pyrrole nitrogens is 1. The number of fused-ring (bicyclic) bond motifs is 1. The normalized spacial score (nSPS) is 11.5. The van der Waals surface area contributed by atoms with Gasteiger partial charge < -0.3 is 14.5 Å². The maximum absolute atomic E-state index is 11.1. The van der Waals surface area contributed by atoms with Gasteiger partial charge in [0.25, 0.3) is 0 Å². The van der Waals surface area contributed by atoms with Crippen LogP contribution in [0.2, 0.25) is 0 Å². The van der Waals surface area contributed by atoms with Crippen molar-refractivity contribution < 1.29 is 14.3 Å². The molecule has 0 saturated carbocycles. The van der Waals surface area contributed by atoms with Crippen LogP contribution in [0.5, 0.6) is 0 Å². The van der Waals surface area contributed by atoms with Crippen LogP contribution in [0.4, 0.5) is 0 Å². The summed E-state index contributed by atoms with van der Waals surface area (Å²) in [5.74, 6) is 0.463. The number of nitrogens with one attached hydrogen (secondary N) is 1. The van der Waals surface area contributed by atoms with E-state index in [9.17, 15) is 10.1 Å². The molecule has 0 spiro atoms. The average molecular weight is 369 g/mol. The van der Waals surface area contributed by atoms with Crippen molar-refractivity contribution in [2.24, 2.45) is 0 Å². The molecule has 0 radical (unpaired) electrons. The number of benzene rings is 2. The largest absolute Gasteiger partial charge is 0.478 e. The number of carboxylic acid groups (broad SMARTS) is 1. The van der Waals surface area contributed by atoms with Crippen molar-refractivity contribution in [1.82, 2.24) is 9.97 Å². The molecule has 2 N–H and O–H groups in total. The number of nitriles is 1. The molecule has 2 aromatic carbocycles. The van der Waals surface area contributed by atoms with Gasteiger partial charge in [0.05, 0.1) is 22.2 Å². The van der Waals surface area contributed by atoms with Gasteiger partial charge in [-0.25, -0.2) is 9.78 Å². The molecule has 0 aliphatic rings. The van der Waals surface area contributed by atoms with Crippen molar-refractivity contribution in [3.63, 3.8) is 0 Å². The summed E-state index contributed by atoms with van der Waals surface area (Å²) in [6.07, 6.45) is 1.61. The Kier molecular flexibility index (Phi) is 4.26. The van der Waals surface area contributed by atoms with E-state index in [0.717, 1.165) is 16.6 Å². The molecule has 2 aromatic heterocycles. The molecule has 0 amide bonds. The van der Waals surface area contributed by atoms with Gasteiger partial charge in [-0.05, 0) is 48.9 Å². The van der Waals surface area contributed by atoms with E-state index in [4.69, 9.17) is 9.52 Å². The highest BCUT2D eigenvalue weighted by atomic mass is 16.4. The number of furan rings is 1. The monoisotopic (exact) mass is 369 g/mol. The minimum atomic E-state index is -1.000. The second-order valence-electron chi connectivity index (χ2n) is 6.36. The molecule has 6 heteroatoms. The number of aromatic nitrogens is 2. The number of imidazole rings is 1. The van der Waals surface area contributed by atoms with Gasteiger partial charge in [-0.3, -0.25) is 0 Å². The van der Waals surface area contributed by atoms with E-state index in [1.807, 2.05) is 25.1 Å². The lowest BCUT2D eigenvalue weighted by molar-refractivity contribution is 0.0697. The molecule has 136 valence electrons. The predicted molar refractivity (Wildman–Crippen MR) is 105 cm³/mol. The van der Waals surface area contributed by atoms with Gasteiger partial charge in [0, 0.05) is 11.6 Å². The van der Waals surface area contributed by atoms with Crippen LogP contribution in [0.15, 0.2) is 59.0 Å². The van der Waals surface area contributed by atoms with Gasteiger partial charge in [-0.2, -0.15) is 5.26 Å². The van der Waals surface area contributed by atoms with Gasteiger partial charge >= 0.3 is 5.97 Å². The summed E-state index contributed by atoms with van der Waals surface area (Å²) in [5, 5.41) is 18.7. The van der Waals surface area contributed by atoms with E-state index >= 15 is 0 Å². The summed E-state index contributed by atoms with van der Waals surface area (Å²) in [6.45, 7) is 1.99. The second kappa shape index (κ2) is 6.89. The third-order valence-electron chi connectivity index (χ3n) is 4.32. The van der Waals surface area contributed by atoms with Crippen LogP contribution in [-0.2, 0) is 0 Å². The van der Waals surface area contributed by atoms with E-state index < -0.39 is 5.97 Å². The Morgan fingerprint density at radius 1 is 1.21 bits per heavy atom. The van der Waals surface area contributed by atoms with Crippen molar-refractivity contribution in [1.29, 1.82) is 5.26 Å². The van der Waals surface area contributed by atoms with Crippen molar-refractivity contribution in [2.45, 2.75) is 6.92 Å². The van der Waals surface area contributed by atoms with Gasteiger partial charge in [-0.15, -0.1) is 0 Å². The lowest BCUT2D eigenvalue weighted by Gasteiger charge is -1.99. The summed E-state index contributed by atoms with van der Waals surface area (Å²) >= 11 is 0. The Morgan fingerprint density at radius 2 is 2.07 bits per heavy atom. The highest BCUT2D eigenvalue weighted by molar-refractivity contribution is 5.90. The predicted octanol–water partition coefficient (Wildman–Crippen LogP) is 4.89. The molecule has 0 bridgehead atoms. The first kappa shape index (κ1) is 17.3. The number of hydrogen-bond acceptors (Lipinski definition) is 4. The zero-order chi connectivity index (χ0) is 19.7. The van der Waals surface area contributed by atoms with Crippen LogP contribution < -0.4 is 0 Å². The number of allylic oxidation sites excluding steroid dienone is 1. The zero-order valence-corrected chi connectivity index (χ0v) is 14.9.